The van der Waals surface area contributed by atoms with Crippen LogP contribution in [0.3, 0.4) is 0 Å². The van der Waals surface area contributed by atoms with Crippen LogP contribution in [0.1, 0.15) is 35.4 Å². The van der Waals surface area contributed by atoms with Crippen molar-refractivity contribution in [2.45, 2.75) is 32.1 Å². The zero-order chi connectivity index (χ0) is 17.8. The van der Waals surface area contributed by atoms with E-state index < -0.39 is 0 Å². The van der Waals surface area contributed by atoms with Gasteiger partial charge in [0.05, 0.1) is 0 Å². The molecule has 0 aliphatic carbocycles. The Labute approximate surface area is 156 Å². The van der Waals surface area contributed by atoms with Crippen molar-refractivity contribution in [2.75, 3.05) is 19.6 Å². The van der Waals surface area contributed by atoms with Crippen LogP contribution in [0, 0.1) is 6.92 Å². The first kappa shape index (κ1) is 17.1. The standard InChI is InChI=1S/C24H28N2/c1-19-11-13-20(14-12-19)22-8-6-16-26(18-22)15-5-4-7-21-17-25-24-10-3-2-9-23(21)24/h2-3,6,8-14,17,22,25H,4-5,7,15-16,18H2,1H3. The van der Waals surface area contributed by atoms with Crippen molar-refractivity contribution in [3.63, 3.8) is 0 Å². The zero-order valence-electron chi connectivity index (χ0n) is 15.6. The highest BCUT2D eigenvalue weighted by atomic mass is 15.1. The summed E-state index contributed by atoms with van der Waals surface area (Å²) in [4.78, 5) is 5.98. The van der Waals surface area contributed by atoms with Crippen molar-refractivity contribution in [3.8, 4) is 0 Å². The van der Waals surface area contributed by atoms with Gasteiger partial charge in [-0.3, -0.25) is 4.90 Å². The number of hydrogen-bond donors (Lipinski definition) is 1. The minimum atomic E-state index is 0.540. The monoisotopic (exact) mass is 344 g/mol. The number of hydrogen-bond acceptors (Lipinski definition) is 1. The molecule has 2 nitrogen and oxygen atoms in total. The third kappa shape index (κ3) is 3.91. The number of benzene rings is 2. The van der Waals surface area contributed by atoms with E-state index in [0.29, 0.717) is 5.92 Å². The van der Waals surface area contributed by atoms with E-state index in [0.717, 1.165) is 19.5 Å². The quantitative estimate of drug-likeness (QED) is 0.465. The van der Waals surface area contributed by atoms with Gasteiger partial charge in [-0.25, -0.2) is 0 Å². The molecule has 0 saturated heterocycles. The third-order valence-electron chi connectivity index (χ3n) is 5.54. The molecular weight excluding hydrogens is 316 g/mol. The number of fused-ring (bicyclic) bond motifs is 1. The fourth-order valence-corrected chi connectivity index (χ4v) is 3.99. The van der Waals surface area contributed by atoms with Gasteiger partial charge in [0.1, 0.15) is 0 Å². The van der Waals surface area contributed by atoms with Crippen LogP contribution in [0.5, 0.6) is 0 Å². The second kappa shape index (κ2) is 7.92. The molecule has 1 N–H and O–H groups in total. The molecule has 4 rings (SSSR count). The molecular formula is C24H28N2. The Morgan fingerprint density at radius 3 is 2.77 bits per heavy atom. The molecule has 0 fully saturated rings. The predicted octanol–water partition coefficient (Wildman–Crippen LogP) is 5.45. The molecule has 1 atom stereocenters. The molecule has 1 unspecified atom stereocenters. The van der Waals surface area contributed by atoms with Gasteiger partial charge >= 0.3 is 0 Å². The maximum atomic E-state index is 3.39. The van der Waals surface area contributed by atoms with Gasteiger partial charge in [0.15, 0.2) is 0 Å². The van der Waals surface area contributed by atoms with E-state index in [4.69, 9.17) is 0 Å². The molecule has 2 heteroatoms. The minimum absolute atomic E-state index is 0.540. The van der Waals surface area contributed by atoms with Crippen molar-refractivity contribution in [1.29, 1.82) is 0 Å². The second-order valence-corrected chi connectivity index (χ2v) is 7.52. The summed E-state index contributed by atoms with van der Waals surface area (Å²) in [5, 5.41) is 1.38. The van der Waals surface area contributed by atoms with Gasteiger partial charge in [-0.2, -0.15) is 0 Å². The van der Waals surface area contributed by atoms with Crippen LogP contribution in [0.2, 0.25) is 0 Å². The first-order valence-corrected chi connectivity index (χ1v) is 9.80. The van der Waals surface area contributed by atoms with E-state index in [-0.39, 0.29) is 0 Å². The Hall–Kier alpha value is -2.32. The van der Waals surface area contributed by atoms with E-state index in [2.05, 4.69) is 83.7 Å². The molecule has 0 saturated carbocycles. The summed E-state index contributed by atoms with van der Waals surface area (Å²) >= 11 is 0. The van der Waals surface area contributed by atoms with Crippen molar-refractivity contribution in [1.82, 2.24) is 9.88 Å². The largest absolute Gasteiger partial charge is 0.361 e. The maximum Gasteiger partial charge on any atom is 0.0456 e. The van der Waals surface area contributed by atoms with Crippen LogP contribution >= 0.6 is 0 Å². The molecule has 0 spiro atoms. The van der Waals surface area contributed by atoms with Crippen LogP contribution in [-0.4, -0.2) is 29.5 Å². The Bertz CT molecular complexity index is 873. The lowest BCUT2D eigenvalue weighted by Crippen LogP contribution is -2.32. The highest BCUT2D eigenvalue weighted by molar-refractivity contribution is 5.82. The van der Waals surface area contributed by atoms with Gasteiger partial charge in [0.2, 0.25) is 0 Å². The van der Waals surface area contributed by atoms with E-state index >= 15 is 0 Å². The molecule has 2 aromatic carbocycles. The maximum absolute atomic E-state index is 3.39. The summed E-state index contributed by atoms with van der Waals surface area (Å²) in [7, 11) is 0. The fraction of sp³-hybridized carbons (Fsp3) is 0.333. The zero-order valence-corrected chi connectivity index (χ0v) is 15.6. The van der Waals surface area contributed by atoms with Gasteiger partial charge in [-0.15, -0.1) is 0 Å². The average Bonchev–Trinajstić information content (AvgIpc) is 3.09. The van der Waals surface area contributed by atoms with Gasteiger partial charge in [-0.05, 0) is 49.9 Å². The van der Waals surface area contributed by atoms with Gasteiger partial charge < -0.3 is 4.98 Å². The van der Waals surface area contributed by atoms with Gasteiger partial charge in [0.25, 0.3) is 0 Å². The lowest BCUT2D eigenvalue weighted by atomic mass is 9.95. The SMILES string of the molecule is Cc1ccc(C2C=CCN(CCCCc3c[nH]c4ccccc34)C2)cc1. The van der Waals surface area contributed by atoms with E-state index in [1.54, 1.807) is 0 Å². The van der Waals surface area contributed by atoms with Crippen molar-refractivity contribution in [3.05, 3.63) is 83.6 Å². The third-order valence-corrected chi connectivity index (χ3v) is 5.54. The number of para-hydroxylation sites is 1. The molecule has 2 heterocycles. The summed E-state index contributed by atoms with van der Waals surface area (Å²) in [5.41, 5.74) is 5.49. The van der Waals surface area contributed by atoms with Gasteiger partial charge in [0, 0.05) is 36.1 Å². The fourth-order valence-electron chi connectivity index (χ4n) is 3.99. The molecule has 1 aliphatic rings. The number of H-pyrrole nitrogens is 1. The molecule has 26 heavy (non-hydrogen) atoms. The van der Waals surface area contributed by atoms with Crippen LogP contribution in [0.25, 0.3) is 10.9 Å². The molecule has 0 bridgehead atoms. The smallest absolute Gasteiger partial charge is 0.0456 e. The second-order valence-electron chi connectivity index (χ2n) is 7.52. The van der Waals surface area contributed by atoms with Crippen LogP contribution in [0.15, 0.2) is 66.9 Å². The minimum Gasteiger partial charge on any atom is -0.361 e. The average molecular weight is 345 g/mol. The van der Waals surface area contributed by atoms with Crippen molar-refractivity contribution >= 4 is 10.9 Å². The van der Waals surface area contributed by atoms with Crippen molar-refractivity contribution in [2.24, 2.45) is 0 Å². The highest BCUT2D eigenvalue weighted by Gasteiger charge is 2.16. The van der Waals surface area contributed by atoms with Crippen LogP contribution < -0.4 is 0 Å². The first-order valence-electron chi connectivity index (χ1n) is 9.80. The van der Waals surface area contributed by atoms with Gasteiger partial charge in [-0.1, -0.05) is 60.2 Å². The number of unbranched alkanes of at least 4 members (excludes halogenated alkanes) is 1. The predicted molar refractivity (Wildman–Crippen MR) is 111 cm³/mol. The number of nitrogens with zero attached hydrogens (tertiary/aromatic N) is 1. The molecule has 134 valence electrons. The summed E-state index contributed by atoms with van der Waals surface area (Å²) in [5.74, 6) is 0.540. The first-order chi connectivity index (χ1) is 12.8. The highest BCUT2D eigenvalue weighted by Crippen LogP contribution is 2.23. The topological polar surface area (TPSA) is 19.0 Å². The summed E-state index contributed by atoms with van der Waals surface area (Å²) < 4.78 is 0. The lowest BCUT2D eigenvalue weighted by Gasteiger charge is -2.29. The Morgan fingerprint density at radius 1 is 1.04 bits per heavy atom. The number of aromatic amines is 1. The van der Waals surface area contributed by atoms with Crippen LogP contribution in [-0.2, 0) is 6.42 Å². The lowest BCUT2D eigenvalue weighted by molar-refractivity contribution is 0.278. The molecule has 0 radical (unpaired) electrons. The Balaban J connectivity index is 1.27. The Kier molecular flexibility index (Phi) is 5.21. The molecule has 1 aliphatic heterocycles. The number of nitrogens with one attached hydrogen (secondary N) is 1. The van der Waals surface area contributed by atoms with Crippen molar-refractivity contribution < 1.29 is 0 Å². The molecule has 0 amide bonds. The number of aryl methyl sites for hydroxylation is 2. The summed E-state index contributed by atoms with van der Waals surface area (Å²) in [6.45, 7) is 5.58. The van der Waals surface area contributed by atoms with E-state index in [1.165, 1.54) is 47.0 Å². The van der Waals surface area contributed by atoms with E-state index in [9.17, 15) is 0 Å². The molecule has 1 aromatic heterocycles. The van der Waals surface area contributed by atoms with E-state index in [1.807, 2.05) is 0 Å². The Morgan fingerprint density at radius 2 is 1.88 bits per heavy atom. The summed E-state index contributed by atoms with van der Waals surface area (Å²) in [6, 6.07) is 17.6. The number of aromatic nitrogens is 1. The number of rotatable bonds is 6. The summed E-state index contributed by atoms with van der Waals surface area (Å²) in [6.07, 6.45) is 10.6. The normalized spacial score (nSPS) is 17.8. The van der Waals surface area contributed by atoms with Crippen LogP contribution in [0.4, 0.5) is 0 Å². The molecule has 3 aromatic rings.